The average Bonchev–Trinajstić information content (AvgIpc) is 3.42. The summed E-state index contributed by atoms with van der Waals surface area (Å²) in [6.45, 7) is 9.35. The lowest BCUT2D eigenvalue weighted by Gasteiger charge is -2.24. The van der Waals surface area contributed by atoms with E-state index in [9.17, 15) is 0 Å². The number of rotatable bonds is 7. The minimum Gasteiger partial charge on any atom is -0.347 e. The van der Waals surface area contributed by atoms with Gasteiger partial charge in [0.05, 0.1) is 5.41 Å². The van der Waals surface area contributed by atoms with E-state index in [1.807, 2.05) is 0 Å². The molecule has 0 atom stereocenters. The summed E-state index contributed by atoms with van der Waals surface area (Å²) in [7, 11) is 4.37. The van der Waals surface area contributed by atoms with Crippen LogP contribution in [-0.4, -0.2) is 24.4 Å². The van der Waals surface area contributed by atoms with E-state index in [4.69, 9.17) is 0 Å². The molecule has 2 aliphatic rings. The molecule has 0 radical (unpaired) electrons. The lowest BCUT2D eigenvalue weighted by molar-refractivity contribution is -0.401. The maximum Gasteiger partial charge on any atom is 0.210 e. The molecule has 5 aromatic carbocycles. The Bertz CT molecular complexity index is 2220. The van der Waals surface area contributed by atoms with E-state index in [0.29, 0.717) is 0 Å². The number of fused-ring (bicyclic) bond motifs is 6. The number of thioether (sulfide) groups is 1. The van der Waals surface area contributed by atoms with Crippen LogP contribution in [0.25, 0.3) is 21.5 Å². The highest BCUT2D eigenvalue weighted by Crippen LogP contribution is 2.50. The molecule has 0 saturated heterocycles. The standard InChI is InChI=1S/C45H43N2S/c1-44(2)40(46(5)38-30-28-32-18-10-14-24-36(32)42(38)44)26-16-12-22-35(48-34-20-8-7-9-21-34)23-13-17-27-41-45(3,4)43-37-25-15-11-19-33(37)29-31-39(43)47(41)6/h7-31H,1-6H3/q+1. The molecular formula is C45H43N2S+. The Balaban J connectivity index is 1.15. The molecule has 7 rings (SSSR count). The number of benzene rings is 5. The van der Waals surface area contributed by atoms with Gasteiger partial charge in [-0.1, -0.05) is 123 Å². The van der Waals surface area contributed by atoms with Crippen molar-refractivity contribution < 1.29 is 4.58 Å². The normalized spacial score (nSPS) is 18.0. The second kappa shape index (κ2) is 12.6. The molecule has 238 valence electrons. The number of nitrogens with zero attached hydrogens (tertiary/aromatic N) is 2. The molecule has 5 aromatic rings. The van der Waals surface area contributed by atoms with E-state index in [2.05, 4.69) is 203 Å². The molecule has 0 N–H and O–H groups in total. The van der Waals surface area contributed by atoms with Crippen LogP contribution in [0, 0.1) is 0 Å². The highest BCUT2D eigenvalue weighted by Gasteiger charge is 2.44. The number of anilines is 1. The topological polar surface area (TPSA) is 6.25 Å². The van der Waals surface area contributed by atoms with Crippen molar-refractivity contribution in [2.75, 3.05) is 19.0 Å². The van der Waals surface area contributed by atoms with Crippen molar-refractivity contribution >= 4 is 50.4 Å². The Morgan fingerprint density at radius 3 is 2.04 bits per heavy atom. The van der Waals surface area contributed by atoms with Crippen LogP contribution >= 0.6 is 11.8 Å². The van der Waals surface area contributed by atoms with Crippen molar-refractivity contribution in [3.63, 3.8) is 0 Å². The van der Waals surface area contributed by atoms with Gasteiger partial charge in [0.1, 0.15) is 7.05 Å². The van der Waals surface area contributed by atoms with Crippen molar-refractivity contribution in [1.29, 1.82) is 0 Å². The quantitative estimate of drug-likeness (QED) is 0.0989. The third-order valence-electron chi connectivity index (χ3n) is 10.0. The van der Waals surface area contributed by atoms with Crippen LogP contribution in [-0.2, 0) is 10.8 Å². The molecule has 0 aliphatic carbocycles. The molecule has 2 heterocycles. The fourth-order valence-electron chi connectivity index (χ4n) is 7.73. The lowest BCUT2D eigenvalue weighted by atomic mass is 9.79. The zero-order valence-electron chi connectivity index (χ0n) is 28.7. The molecule has 2 aliphatic heterocycles. The first kappa shape index (κ1) is 31.7. The van der Waals surface area contributed by atoms with Gasteiger partial charge in [0, 0.05) is 51.4 Å². The van der Waals surface area contributed by atoms with Gasteiger partial charge in [0.2, 0.25) is 5.69 Å². The Hall–Kier alpha value is -4.86. The van der Waals surface area contributed by atoms with Crippen molar-refractivity contribution in [3.8, 4) is 0 Å². The van der Waals surface area contributed by atoms with Crippen molar-refractivity contribution in [1.82, 2.24) is 0 Å². The maximum atomic E-state index is 2.35. The van der Waals surface area contributed by atoms with E-state index < -0.39 is 0 Å². The maximum absolute atomic E-state index is 2.35. The first-order valence-electron chi connectivity index (χ1n) is 16.7. The molecule has 3 heteroatoms. The van der Waals surface area contributed by atoms with Gasteiger partial charge in [0.15, 0.2) is 5.71 Å². The van der Waals surface area contributed by atoms with Gasteiger partial charge in [-0.25, -0.2) is 0 Å². The summed E-state index contributed by atoms with van der Waals surface area (Å²) in [4.78, 5) is 4.74. The van der Waals surface area contributed by atoms with Gasteiger partial charge in [0.25, 0.3) is 0 Å². The van der Waals surface area contributed by atoms with Gasteiger partial charge >= 0.3 is 0 Å². The summed E-state index contributed by atoms with van der Waals surface area (Å²) in [6, 6.07) is 37.0. The Morgan fingerprint density at radius 1 is 0.667 bits per heavy atom. The largest absolute Gasteiger partial charge is 0.347 e. The summed E-state index contributed by atoms with van der Waals surface area (Å²) in [5.41, 5.74) is 7.76. The smallest absolute Gasteiger partial charge is 0.210 e. The molecule has 2 nitrogen and oxygen atoms in total. The highest BCUT2D eigenvalue weighted by molar-refractivity contribution is 8.03. The van der Waals surface area contributed by atoms with E-state index in [0.717, 1.165) is 0 Å². The molecule has 0 aromatic heterocycles. The Kier molecular flexibility index (Phi) is 8.35. The monoisotopic (exact) mass is 643 g/mol. The minimum absolute atomic E-state index is 0.101. The number of likely N-dealkylation sites (N-methyl/N-ethyl adjacent to an activating group) is 1. The minimum atomic E-state index is -0.101. The van der Waals surface area contributed by atoms with Crippen LogP contribution in [0.2, 0.25) is 0 Å². The third-order valence-corrected chi connectivity index (χ3v) is 11.0. The van der Waals surface area contributed by atoms with Crippen LogP contribution < -0.4 is 4.90 Å². The fraction of sp³-hybridized carbons (Fsp3) is 0.178. The van der Waals surface area contributed by atoms with Gasteiger partial charge in [-0.15, -0.1) is 0 Å². The van der Waals surface area contributed by atoms with E-state index in [1.165, 1.54) is 65.3 Å². The van der Waals surface area contributed by atoms with Gasteiger partial charge in [-0.3, -0.25) is 0 Å². The molecular weight excluding hydrogens is 601 g/mol. The average molecular weight is 644 g/mol. The first-order chi connectivity index (χ1) is 23.2. The Morgan fingerprint density at radius 2 is 1.31 bits per heavy atom. The Labute approximate surface area is 289 Å². The van der Waals surface area contributed by atoms with E-state index in [1.54, 1.807) is 11.8 Å². The molecule has 0 unspecified atom stereocenters. The highest BCUT2D eigenvalue weighted by atomic mass is 32.2. The summed E-state index contributed by atoms with van der Waals surface area (Å²) in [6.07, 6.45) is 17.7. The van der Waals surface area contributed by atoms with Crippen LogP contribution in [0.15, 0.2) is 167 Å². The summed E-state index contributed by atoms with van der Waals surface area (Å²) in [5, 5.41) is 5.25. The molecule has 0 spiro atoms. The van der Waals surface area contributed by atoms with Gasteiger partial charge in [-0.2, -0.15) is 4.58 Å². The van der Waals surface area contributed by atoms with Crippen LogP contribution in [0.5, 0.6) is 0 Å². The van der Waals surface area contributed by atoms with Crippen molar-refractivity contribution in [2.24, 2.45) is 0 Å². The van der Waals surface area contributed by atoms with Crippen molar-refractivity contribution in [2.45, 2.75) is 43.4 Å². The molecule has 48 heavy (non-hydrogen) atoms. The first-order valence-corrected chi connectivity index (χ1v) is 17.6. The van der Waals surface area contributed by atoms with Crippen LogP contribution in [0.4, 0.5) is 11.4 Å². The molecule has 0 saturated carbocycles. The third kappa shape index (κ3) is 5.56. The van der Waals surface area contributed by atoms with Gasteiger partial charge < -0.3 is 4.90 Å². The van der Waals surface area contributed by atoms with E-state index in [-0.39, 0.29) is 10.8 Å². The SMILES string of the molecule is CN1C(=CC=CC=C(C=CC=CC2=[N+](C)c3ccc4ccccc4c3C2(C)C)Sc2ccccc2)C(C)(C)c2c1ccc1ccccc21. The summed E-state index contributed by atoms with van der Waals surface area (Å²) < 4.78 is 2.35. The van der Waals surface area contributed by atoms with Crippen molar-refractivity contribution in [3.05, 3.63) is 173 Å². The molecule has 0 amide bonds. The van der Waals surface area contributed by atoms with Crippen LogP contribution in [0.3, 0.4) is 0 Å². The number of hydrogen-bond acceptors (Lipinski definition) is 2. The second-order valence-corrected chi connectivity index (χ2v) is 14.9. The van der Waals surface area contributed by atoms with Crippen LogP contribution in [0.1, 0.15) is 38.8 Å². The zero-order valence-corrected chi connectivity index (χ0v) is 29.6. The second-order valence-electron chi connectivity index (χ2n) is 13.8. The van der Waals surface area contributed by atoms with Gasteiger partial charge in [-0.05, 0) is 83.4 Å². The summed E-state index contributed by atoms with van der Waals surface area (Å²) >= 11 is 1.78. The number of allylic oxidation sites excluding steroid dienone is 9. The predicted molar refractivity (Wildman–Crippen MR) is 209 cm³/mol. The predicted octanol–water partition coefficient (Wildman–Crippen LogP) is 11.7. The summed E-state index contributed by atoms with van der Waals surface area (Å²) in [5.74, 6) is 0. The van der Waals surface area contributed by atoms with E-state index >= 15 is 0 Å². The zero-order chi connectivity index (χ0) is 33.5. The lowest BCUT2D eigenvalue weighted by Crippen LogP contribution is -2.26. The molecule has 0 bridgehead atoms. The number of hydrogen-bond donors (Lipinski definition) is 0. The molecule has 0 fully saturated rings. The fourth-order valence-corrected chi connectivity index (χ4v) is 8.59.